The fourth-order valence-electron chi connectivity index (χ4n) is 4.22. The minimum atomic E-state index is 0. The van der Waals surface area contributed by atoms with Crippen molar-refractivity contribution in [2.24, 2.45) is 10.9 Å². The number of halogens is 1. The van der Waals surface area contributed by atoms with E-state index in [2.05, 4.69) is 27.4 Å². The van der Waals surface area contributed by atoms with E-state index >= 15 is 0 Å². The Bertz CT molecular complexity index is 498. The number of hydrogen-bond acceptors (Lipinski definition) is 4. The van der Waals surface area contributed by atoms with Gasteiger partial charge in [0.2, 0.25) is 5.91 Å². The van der Waals surface area contributed by atoms with E-state index in [-0.39, 0.29) is 35.8 Å². The van der Waals surface area contributed by atoms with E-state index < -0.39 is 0 Å². The minimum Gasteiger partial charge on any atom is -0.357 e. The number of hydrogen-bond donors (Lipinski definition) is 2. The standard InChI is InChI=1S/C19H36N6O.HI/c1-4-20-19(21-13-17-14-23-9-11-24(17)12-10-23)22-16-5-7-25(8-6-16)18(26)15(2)3;/h15-17H,4-14H2,1-3H3,(H2,20,21,22);1H. The van der Waals surface area contributed by atoms with E-state index in [4.69, 9.17) is 4.99 Å². The molecule has 156 valence electrons. The monoisotopic (exact) mass is 492 g/mol. The molecule has 4 aliphatic rings. The zero-order valence-corrected chi connectivity index (χ0v) is 19.4. The molecule has 4 fully saturated rings. The van der Waals surface area contributed by atoms with Gasteiger partial charge in [-0.25, -0.2) is 0 Å². The minimum absolute atomic E-state index is 0. The molecule has 4 rings (SSSR count). The largest absolute Gasteiger partial charge is 0.357 e. The van der Waals surface area contributed by atoms with Crippen LogP contribution in [0.15, 0.2) is 4.99 Å². The molecule has 4 aliphatic heterocycles. The third kappa shape index (κ3) is 6.19. The first-order valence-corrected chi connectivity index (χ1v) is 10.4. The predicted molar refractivity (Wildman–Crippen MR) is 121 cm³/mol. The molecule has 0 aliphatic carbocycles. The van der Waals surface area contributed by atoms with Crippen LogP contribution in [0.5, 0.6) is 0 Å². The molecule has 1 unspecified atom stereocenters. The molecule has 0 aromatic rings. The molecule has 0 saturated carbocycles. The highest BCUT2D eigenvalue weighted by molar-refractivity contribution is 14.0. The topological polar surface area (TPSA) is 63.2 Å². The van der Waals surface area contributed by atoms with Gasteiger partial charge in [-0.05, 0) is 19.8 Å². The normalized spacial score (nSPS) is 28.8. The molecule has 4 saturated heterocycles. The Hall–Kier alpha value is -0.610. The molecule has 1 amide bonds. The van der Waals surface area contributed by atoms with Crippen LogP contribution in [0.25, 0.3) is 0 Å². The van der Waals surface area contributed by atoms with E-state index in [0.29, 0.717) is 12.1 Å². The average Bonchev–Trinajstić information content (AvgIpc) is 2.67. The maximum atomic E-state index is 12.1. The summed E-state index contributed by atoms with van der Waals surface area (Å²) in [6.07, 6.45) is 1.98. The number of aliphatic imine (C=N–C) groups is 1. The van der Waals surface area contributed by atoms with Crippen LogP contribution in [-0.2, 0) is 4.79 Å². The second kappa shape index (κ2) is 10.8. The number of nitrogens with one attached hydrogen (secondary N) is 2. The molecule has 0 aromatic carbocycles. The highest BCUT2D eigenvalue weighted by Gasteiger charge is 2.31. The number of rotatable bonds is 5. The number of likely N-dealkylation sites (tertiary alicyclic amines) is 1. The Morgan fingerprint density at radius 1 is 1.11 bits per heavy atom. The molecule has 0 spiro atoms. The summed E-state index contributed by atoms with van der Waals surface area (Å²) in [4.78, 5) is 24.2. The zero-order valence-electron chi connectivity index (χ0n) is 17.1. The molecule has 2 bridgehead atoms. The second-order valence-electron chi connectivity index (χ2n) is 8.11. The van der Waals surface area contributed by atoms with Gasteiger partial charge in [-0.2, -0.15) is 0 Å². The van der Waals surface area contributed by atoms with Crippen LogP contribution in [0.4, 0.5) is 0 Å². The summed E-state index contributed by atoms with van der Waals surface area (Å²) in [6.45, 7) is 15.4. The molecule has 0 aromatic heterocycles. The lowest BCUT2D eigenvalue weighted by Gasteiger charge is -2.47. The molecule has 2 N–H and O–H groups in total. The summed E-state index contributed by atoms with van der Waals surface area (Å²) in [7, 11) is 0. The third-order valence-electron chi connectivity index (χ3n) is 5.84. The Morgan fingerprint density at radius 3 is 2.30 bits per heavy atom. The fourth-order valence-corrected chi connectivity index (χ4v) is 4.22. The number of piperazine rings is 3. The van der Waals surface area contributed by atoms with Gasteiger partial charge in [0.25, 0.3) is 0 Å². The summed E-state index contributed by atoms with van der Waals surface area (Å²) < 4.78 is 0. The summed E-state index contributed by atoms with van der Waals surface area (Å²) in [6, 6.07) is 0.953. The molecule has 8 heteroatoms. The van der Waals surface area contributed by atoms with E-state index in [1.165, 1.54) is 26.2 Å². The van der Waals surface area contributed by atoms with Crippen LogP contribution in [0, 0.1) is 5.92 Å². The van der Waals surface area contributed by atoms with Crippen LogP contribution in [-0.4, -0.2) is 97.6 Å². The number of piperidine rings is 1. The Balaban J connectivity index is 0.00000261. The van der Waals surface area contributed by atoms with Crippen molar-refractivity contribution in [3.63, 3.8) is 0 Å². The predicted octanol–water partition coefficient (Wildman–Crippen LogP) is 0.806. The van der Waals surface area contributed by atoms with Crippen LogP contribution < -0.4 is 10.6 Å². The highest BCUT2D eigenvalue weighted by atomic mass is 127. The molecule has 1 atom stereocenters. The van der Waals surface area contributed by atoms with Gasteiger partial charge >= 0.3 is 0 Å². The van der Waals surface area contributed by atoms with Gasteiger partial charge in [0.1, 0.15) is 0 Å². The Labute approximate surface area is 181 Å². The lowest BCUT2D eigenvalue weighted by Crippen LogP contribution is -2.62. The van der Waals surface area contributed by atoms with E-state index in [0.717, 1.165) is 51.5 Å². The van der Waals surface area contributed by atoms with Crippen molar-refractivity contribution >= 4 is 35.8 Å². The van der Waals surface area contributed by atoms with Gasteiger partial charge in [0.05, 0.1) is 6.54 Å². The van der Waals surface area contributed by atoms with Crippen LogP contribution >= 0.6 is 24.0 Å². The smallest absolute Gasteiger partial charge is 0.225 e. The maximum absolute atomic E-state index is 12.1. The van der Waals surface area contributed by atoms with Crippen LogP contribution in [0.2, 0.25) is 0 Å². The molecule has 7 nitrogen and oxygen atoms in total. The number of nitrogens with zero attached hydrogens (tertiary/aromatic N) is 4. The van der Waals surface area contributed by atoms with Crippen molar-refractivity contribution in [2.75, 3.05) is 58.9 Å². The molecular weight excluding hydrogens is 455 g/mol. The second-order valence-corrected chi connectivity index (χ2v) is 8.11. The number of guanidine groups is 1. The summed E-state index contributed by atoms with van der Waals surface area (Å²) >= 11 is 0. The number of amides is 1. The van der Waals surface area contributed by atoms with Crippen molar-refractivity contribution in [3.05, 3.63) is 0 Å². The van der Waals surface area contributed by atoms with Crippen molar-refractivity contribution in [2.45, 2.75) is 45.7 Å². The van der Waals surface area contributed by atoms with Gasteiger partial charge in [0, 0.05) is 70.4 Å². The van der Waals surface area contributed by atoms with Crippen molar-refractivity contribution < 1.29 is 4.79 Å². The van der Waals surface area contributed by atoms with Crippen molar-refractivity contribution in [1.82, 2.24) is 25.3 Å². The summed E-state index contributed by atoms with van der Waals surface area (Å²) in [5.74, 6) is 1.30. The van der Waals surface area contributed by atoms with Crippen LogP contribution in [0.1, 0.15) is 33.6 Å². The van der Waals surface area contributed by atoms with E-state index in [9.17, 15) is 4.79 Å². The Kier molecular flexibility index (Phi) is 9.07. The quantitative estimate of drug-likeness (QED) is 0.338. The lowest BCUT2D eigenvalue weighted by atomic mass is 10.0. The van der Waals surface area contributed by atoms with E-state index in [1.807, 2.05) is 18.7 Å². The maximum Gasteiger partial charge on any atom is 0.225 e. The third-order valence-corrected chi connectivity index (χ3v) is 5.84. The molecular formula is C19H37IN6O. The SMILES string of the molecule is CCNC(=NCC1CN2CCN1CC2)NC1CCN(C(=O)C(C)C)CC1.I. The lowest BCUT2D eigenvalue weighted by molar-refractivity contribution is -0.135. The zero-order chi connectivity index (χ0) is 18.5. The van der Waals surface area contributed by atoms with Crippen LogP contribution in [0.3, 0.4) is 0 Å². The molecule has 0 radical (unpaired) electrons. The average molecular weight is 492 g/mol. The van der Waals surface area contributed by atoms with Gasteiger partial charge < -0.3 is 15.5 Å². The summed E-state index contributed by atoms with van der Waals surface area (Å²) in [5, 5.41) is 6.99. The highest BCUT2D eigenvalue weighted by Crippen LogP contribution is 2.16. The van der Waals surface area contributed by atoms with E-state index in [1.54, 1.807) is 0 Å². The summed E-state index contributed by atoms with van der Waals surface area (Å²) in [5.41, 5.74) is 0. The van der Waals surface area contributed by atoms with Crippen molar-refractivity contribution in [1.29, 1.82) is 0 Å². The number of carbonyl (C=O) groups excluding carboxylic acids is 1. The first-order valence-electron chi connectivity index (χ1n) is 10.4. The number of fused-ring (bicyclic) bond motifs is 3. The van der Waals surface area contributed by atoms with Gasteiger partial charge in [0.15, 0.2) is 5.96 Å². The number of carbonyl (C=O) groups is 1. The van der Waals surface area contributed by atoms with Gasteiger partial charge in [-0.3, -0.25) is 19.6 Å². The van der Waals surface area contributed by atoms with Gasteiger partial charge in [-0.1, -0.05) is 13.8 Å². The van der Waals surface area contributed by atoms with Crippen molar-refractivity contribution in [3.8, 4) is 0 Å². The van der Waals surface area contributed by atoms with Gasteiger partial charge in [-0.15, -0.1) is 24.0 Å². The first kappa shape index (κ1) is 22.7. The first-order chi connectivity index (χ1) is 12.6. The fraction of sp³-hybridized carbons (Fsp3) is 0.895. The Morgan fingerprint density at radius 2 is 1.78 bits per heavy atom. The molecule has 4 heterocycles. The molecule has 27 heavy (non-hydrogen) atoms.